The number of imidazole rings is 1. The number of fused-ring (bicyclic) bond motifs is 1. The molecule has 0 amide bonds. The molecular formula is C21H25FIN5. The first-order valence-corrected chi connectivity index (χ1v) is 9.33. The normalized spacial score (nSPS) is 15.1. The van der Waals surface area contributed by atoms with Crippen LogP contribution < -0.4 is 10.6 Å². The molecule has 2 aromatic carbocycles. The van der Waals surface area contributed by atoms with Gasteiger partial charge in [-0.1, -0.05) is 30.3 Å². The summed E-state index contributed by atoms with van der Waals surface area (Å²) in [6, 6.07) is 15.1. The van der Waals surface area contributed by atoms with Crippen LogP contribution in [0.2, 0.25) is 0 Å². The molecule has 0 unspecified atom stereocenters. The molecule has 1 aliphatic carbocycles. The van der Waals surface area contributed by atoms with Crippen molar-refractivity contribution in [3.63, 3.8) is 0 Å². The molecule has 3 aromatic rings. The van der Waals surface area contributed by atoms with Crippen LogP contribution >= 0.6 is 24.0 Å². The minimum atomic E-state index is -0.121. The third kappa shape index (κ3) is 4.45. The van der Waals surface area contributed by atoms with Crippen LogP contribution in [0.25, 0.3) is 11.0 Å². The number of halogens is 2. The Kier molecular flexibility index (Phi) is 6.53. The Morgan fingerprint density at radius 3 is 2.61 bits per heavy atom. The first-order chi connectivity index (χ1) is 13.2. The van der Waals surface area contributed by atoms with Gasteiger partial charge in [-0.2, -0.15) is 0 Å². The molecule has 5 nitrogen and oxygen atoms in total. The summed E-state index contributed by atoms with van der Waals surface area (Å²) in [7, 11) is 1.75. The molecule has 1 fully saturated rings. The summed E-state index contributed by atoms with van der Waals surface area (Å²) in [6.45, 7) is 1.39. The van der Waals surface area contributed by atoms with Crippen LogP contribution in [0.4, 0.5) is 4.39 Å². The van der Waals surface area contributed by atoms with Crippen molar-refractivity contribution in [2.45, 2.75) is 24.7 Å². The minimum Gasteiger partial charge on any atom is -0.356 e. The molecule has 0 aliphatic heterocycles. The molecule has 28 heavy (non-hydrogen) atoms. The van der Waals surface area contributed by atoms with E-state index in [1.165, 1.54) is 6.07 Å². The van der Waals surface area contributed by atoms with Gasteiger partial charge < -0.3 is 15.6 Å². The molecule has 0 radical (unpaired) electrons. The minimum absolute atomic E-state index is 0. The van der Waals surface area contributed by atoms with E-state index < -0.39 is 0 Å². The molecule has 0 spiro atoms. The molecule has 0 saturated heterocycles. The number of aromatic amines is 1. The van der Waals surface area contributed by atoms with E-state index in [4.69, 9.17) is 0 Å². The fraction of sp³-hybridized carbons (Fsp3) is 0.333. The molecule has 4 rings (SSSR count). The van der Waals surface area contributed by atoms with Crippen LogP contribution in [-0.2, 0) is 11.8 Å². The highest BCUT2D eigenvalue weighted by atomic mass is 127. The Hall–Kier alpha value is -2.16. The van der Waals surface area contributed by atoms with Crippen molar-refractivity contribution in [1.29, 1.82) is 0 Å². The molecule has 7 heteroatoms. The Labute approximate surface area is 181 Å². The topological polar surface area (TPSA) is 65.1 Å². The van der Waals surface area contributed by atoms with Crippen molar-refractivity contribution >= 4 is 41.0 Å². The number of rotatable bonds is 6. The van der Waals surface area contributed by atoms with Gasteiger partial charge in [-0.05, 0) is 36.6 Å². The highest BCUT2D eigenvalue weighted by Gasteiger charge is 2.45. The lowest BCUT2D eigenvalue weighted by Gasteiger charge is -2.19. The molecule has 1 aliphatic rings. The van der Waals surface area contributed by atoms with Gasteiger partial charge >= 0.3 is 0 Å². The van der Waals surface area contributed by atoms with Gasteiger partial charge in [-0.15, -0.1) is 24.0 Å². The summed E-state index contributed by atoms with van der Waals surface area (Å²) in [5.41, 5.74) is 2.73. The first kappa shape index (κ1) is 20.6. The molecular weight excluding hydrogens is 468 g/mol. The summed E-state index contributed by atoms with van der Waals surface area (Å²) < 4.78 is 14.1. The Bertz CT molecular complexity index is 931. The van der Waals surface area contributed by atoms with Gasteiger partial charge in [0.2, 0.25) is 0 Å². The zero-order valence-corrected chi connectivity index (χ0v) is 18.2. The second-order valence-corrected chi connectivity index (χ2v) is 7.06. The predicted molar refractivity (Wildman–Crippen MR) is 122 cm³/mol. The number of aliphatic imine (C=N–C) groups is 1. The van der Waals surface area contributed by atoms with Crippen LogP contribution in [-0.4, -0.2) is 36.1 Å². The van der Waals surface area contributed by atoms with Gasteiger partial charge in [0.15, 0.2) is 5.96 Å². The fourth-order valence-electron chi connectivity index (χ4n) is 3.48. The molecule has 1 heterocycles. The maximum Gasteiger partial charge on any atom is 0.191 e. The van der Waals surface area contributed by atoms with E-state index in [0.717, 1.165) is 47.6 Å². The number of guanidine groups is 1. The lowest BCUT2D eigenvalue weighted by atomic mass is 9.95. The maximum absolute atomic E-state index is 14.1. The summed E-state index contributed by atoms with van der Waals surface area (Å²) in [5, 5.41) is 6.67. The summed E-state index contributed by atoms with van der Waals surface area (Å²) in [5.74, 6) is 1.56. The third-order valence-electron chi connectivity index (χ3n) is 5.21. The van der Waals surface area contributed by atoms with Gasteiger partial charge in [0, 0.05) is 32.0 Å². The lowest BCUT2D eigenvalue weighted by Crippen LogP contribution is -2.42. The number of nitrogens with zero attached hydrogens (tertiary/aromatic N) is 2. The summed E-state index contributed by atoms with van der Waals surface area (Å²) in [4.78, 5) is 12.2. The van der Waals surface area contributed by atoms with Crippen LogP contribution in [0.3, 0.4) is 0 Å². The van der Waals surface area contributed by atoms with E-state index in [1.54, 1.807) is 13.1 Å². The highest BCUT2D eigenvalue weighted by molar-refractivity contribution is 14.0. The monoisotopic (exact) mass is 493 g/mol. The molecule has 1 aromatic heterocycles. The number of nitrogens with one attached hydrogen (secondary N) is 3. The zero-order chi connectivity index (χ0) is 18.7. The molecule has 148 valence electrons. The second kappa shape index (κ2) is 8.89. The van der Waals surface area contributed by atoms with Crippen LogP contribution in [0.15, 0.2) is 53.5 Å². The Morgan fingerprint density at radius 2 is 1.89 bits per heavy atom. The number of para-hydroxylation sites is 2. The van der Waals surface area contributed by atoms with Crippen LogP contribution in [0, 0.1) is 5.82 Å². The molecule has 1 saturated carbocycles. The zero-order valence-electron chi connectivity index (χ0n) is 15.8. The van der Waals surface area contributed by atoms with E-state index in [1.807, 2.05) is 36.4 Å². The molecule has 0 bridgehead atoms. The number of hydrogen-bond donors (Lipinski definition) is 3. The van der Waals surface area contributed by atoms with Crippen molar-refractivity contribution < 1.29 is 4.39 Å². The van der Waals surface area contributed by atoms with Gasteiger partial charge in [0.1, 0.15) is 11.6 Å². The van der Waals surface area contributed by atoms with Gasteiger partial charge in [0.05, 0.1) is 11.0 Å². The van der Waals surface area contributed by atoms with E-state index >= 15 is 0 Å². The summed E-state index contributed by atoms with van der Waals surface area (Å²) >= 11 is 0. The van der Waals surface area contributed by atoms with E-state index in [9.17, 15) is 4.39 Å². The van der Waals surface area contributed by atoms with E-state index in [2.05, 4.69) is 25.6 Å². The predicted octanol–water partition coefficient (Wildman–Crippen LogP) is 3.76. The van der Waals surface area contributed by atoms with Gasteiger partial charge in [-0.25, -0.2) is 9.37 Å². The Balaban J connectivity index is 0.00000225. The maximum atomic E-state index is 14.1. The quantitative estimate of drug-likeness (QED) is 0.279. The first-order valence-electron chi connectivity index (χ1n) is 9.33. The highest BCUT2D eigenvalue weighted by Crippen LogP contribution is 2.48. The number of aromatic nitrogens is 2. The van der Waals surface area contributed by atoms with Crippen molar-refractivity contribution in [3.8, 4) is 0 Å². The van der Waals surface area contributed by atoms with Crippen LogP contribution in [0.5, 0.6) is 0 Å². The van der Waals surface area contributed by atoms with E-state index in [-0.39, 0.29) is 35.2 Å². The number of hydrogen-bond acceptors (Lipinski definition) is 2. The third-order valence-corrected chi connectivity index (χ3v) is 5.21. The van der Waals surface area contributed by atoms with Crippen molar-refractivity contribution in [2.24, 2.45) is 4.99 Å². The van der Waals surface area contributed by atoms with E-state index in [0.29, 0.717) is 13.1 Å². The Morgan fingerprint density at radius 1 is 1.14 bits per heavy atom. The van der Waals surface area contributed by atoms with Crippen LogP contribution in [0.1, 0.15) is 24.2 Å². The number of H-pyrrole nitrogens is 1. The number of benzene rings is 2. The average Bonchev–Trinajstić information content (AvgIpc) is 3.35. The largest absolute Gasteiger partial charge is 0.356 e. The lowest BCUT2D eigenvalue weighted by molar-refractivity contribution is 0.559. The second-order valence-electron chi connectivity index (χ2n) is 7.06. The average molecular weight is 493 g/mol. The van der Waals surface area contributed by atoms with Gasteiger partial charge in [0.25, 0.3) is 0 Å². The molecule has 0 atom stereocenters. The smallest absolute Gasteiger partial charge is 0.191 e. The fourth-order valence-corrected chi connectivity index (χ4v) is 3.48. The standard InChI is InChI=1S/C21H24FN5.HI/c1-23-20(24-13-10-19-26-17-8-4-5-9-18(17)27-19)25-14-21(11-12-21)15-6-2-3-7-16(15)22;/h2-9H,10-14H2,1H3,(H,26,27)(H2,23,24,25);1H. The summed E-state index contributed by atoms with van der Waals surface area (Å²) in [6.07, 6.45) is 2.77. The SMILES string of the molecule is CN=C(NCCc1nc2ccccc2[nH]1)NCC1(c2ccccc2F)CC1.I. The van der Waals surface area contributed by atoms with Gasteiger partial charge in [-0.3, -0.25) is 4.99 Å². The van der Waals surface area contributed by atoms with Crippen molar-refractivity contribution in [3.05, 3.63) is 65.7 Å². The van der Waals surface area contributed by atoms with Crippen molar-refractivity contribution in [1.82, 2.24) is 20.6 Å². The molecule has 3 N–H and O–H groups in total. The van der Waals surface area contributed by atoms with Crippen molar-refractivity contribution in [2.75, 3.05) is 20.1 Å².